The van der Waals surface area contributed by atoms with Crippen molar-refractivity contribution in [3.05, 3.63) is 30.1 Å². The molecule has 9 heteroatoms. The molecule has 4 rings (SSSR count). The molecule has 0 bridgehead atoms. The van der Waals surface area contributed by atoms with Crippen molar-refractivity contribution in [2.45, 2.75) is 25.2 Å². The maximum atomic E-state index is 5.88. The molecule has 0 spiro atoms. The molecule has 2 aromatic heterocycles. The van der Waals surface area contributed by atoms with Crippen LogP contribution in [0.25, 0.3) is 0 Å². The zero-order valence-corrected chi connectivity index (χ0v) is 17.5. The molecule has 2 N–H and O–H groups in total. The molecule has 0 amide bonds. The lowest BCUT2D eigenvalue weighted by molar-refractivity contribution is 0.122. The Morgan fingerprint density at radius 3 is 2.72 bits per heavy atom. The van der Waals surface area contributed by atoms with Crippen LogP contribution >= 0.6 is 11.8 Å². The number of aromatic nitrogens is 3. The highest BCUT2D eigenvalue weighted by atomic mass is 35.5. The van der Waals surface area contributed by atoms with Gasteiger partial charge in [-0.3, -0.25) is 0 Å². The third kappa shape index (κ3) is 5.68. The van der Waals surface area contributed by atoms with Crippen LogP contribution in [-0.4, -0.2) is 65.8 Å². The Morgan fingerprint density at radius 1 is 1.21 bits per heavy atom. The Morgan fingerprint density at radius 2 is 2.03 bits per heavy atom. The summed E-state index contributed by atoms with van der Waals surface area (Å²) in [5.74, 6) is 3.04. The van der Waals surface area contributed by atoms with E-state index in [0.717, 1.165) is 63.1 Å². The number of rotatable bonds is 9. The van der Waals surface area contributed by atoms with E-state index in [-0.39, 0.29) is 0 Å². The number of nitrogens with one attached hydrogen (secondary N) is 2. The maximum absolute atomic E-state index is 5.88. The molecular weight excluding hydrogens is 390 g/mol. The monoisotopic (exact) mass is 417 g/mol. The molecule has 0 radical (unpaired) electrons. The van der Waals surface area contributed by atoms with E-state index in [2.05, 4.69) is 25.5 Å². The van der Waals surface area contributed by atoms with E-state index in [1.54, 1.807) is 4.42 Å². The first-order chi connectivity index (χ1) is 14.2. The first-order valence-electron chi connectivity index (χ1n) is 10.2. The minimum Gasteiger partial charge on any atom is -0.378 e. The summed E-state index contributed by atoms with van der Waals surface area (Å²) in [6.45, 7) is 4.90. The van der Waals surface area contributed by atoms with Crippen LogP contribution in [0.1, 0.15) is 30.7 Å². The summed E-state index contributed by atoms with van der Waals surface area (Å²) in [4.78, 5) is 16.0. The lowest BCUT2D eigenvalue weighted by Crippen LogP contribution is -2.36. The van der Waals surface area contributed by atoms with Crippen molar-refractivity contribution in [3.63, 3.8) is 0 Å². The molecule has 0 unspecified atom stereocenters. The molecule has 1 saturated heterocycles. The van der Waals surface area contributed by atoms with Gasteiger partial charge in [-0.1, -0.05) is 0 Å². The lowest BCUT2D eigenvalue weighted by Gasteiger charge is -2.27. The van der Waals surface area contributed by atoms with Crippen LogP contribution in [0.2, 0.25) is 0 Å². The van der Waals surface area contributed by atoms with Gasteiger partial charge in [0.2, 0.25) is 5.95 Å². The number of pyridine rings is 1. The highest BCUT2D eigenvalue weighted by Gasteiger charge is 2.27. The maximum Gasteiger partial charge on any atom is 0.229 e. The molecule has 1 aliphatic carbocycles. The van der Waals surface area contributed by atoms with E-state index in [9.17, 15) is 0 Å². The van der Waals surface area contributed by atoms with E-state index in [0.29, 0.717) is 11.9 Å². The SMILES string of the molecule is CN(Cl)CCCNc1nc(Nc2ccc(N3CCOCC3)nc2)ncc1C1CC1. The molecule has 3 heterocycles. The van der Waals surface area contributed by atoms with Gasteiger partial charge in [0.25, 0.3) is 0 Å². The average Bonchev–Trinajstić information content (AvgIpc) is 3.58. The summed E-state index contributed by atoms with van der Waals surface area (Å²) < 4.78 is 7.07. The summed E-state index contributed by atoms with van der Waals surface area (Å²) in [6, 6.07) is 4.04. The molecule has 2 aliphatic rings. The lowest BCUT2D eigenvalue weighted by atomic mass is 10.2. The van der Waals surface area contributed by atoms with E-state index in [4.69, 9.17) is 21.5 Å². The van der Waals surface area contributed by atoms with Gasteiger partial charge < -0.3 is 20.3 Å². The zero-order valence-electron chi connectivity index (χ0n) is 16.8. The van der Waals surface area contributed by atoms with Crippen LogP contribution in [0, 0.1) is 0 Å². The van der Waals surface area contributed by atoms with E-state index in [1.165, 1.54) is 18.4 Å². The quantitative estimate of drug-likeness (QED) is 0.475. The van der Waals surface area contributed by atoms with Gasteiger partial charge >= 0.3 is 0 Å². The Bertz CT molecular complexity index is 792. The summed E-state index contributed by atoms with van der Waals surface area (Å²) >= 11 is 5.88. The Kier molecular flexibility index (Phi) is 6.63. The number of anilines is 4. The molecule has 2 fully saturated rings. The van der Waals surface area contributed by atoms with E-state index in [1.807, 2.05) is 31.6 Å². The average molecular weight is 418 g/mol. The third-order valence-electron chi connectivity index (χ3n) is 5.11. The van der Waals surface area contributed by atoms with Crippen LogP contribution < -0.4 is 15.5 Å². The summed E-state index contributed by atoms with van der Waals surface area (Å²) in [5.41, 5.74) is 2.08. The largest absolute Gasteiger partial charge is 0.378 e. The number of hydrogen-bond acceptors (Lipinski definition) is 8. The molecule has 1 aliphatic heterocycles. The van der Waals surface area contributed by atoms with E-state index >= 15 is 0 Å². The minimum atomic E-state index is 0.576. The number of hydrogen-bond donors (Lipinski definition) is 2. The fraction of sp³-hybridized carbons (Fsp3) is 0.550. The van der Waals surface area contributed by atoms with Crippen molar-refractivity contribution in [2.24, 2.45) is 0 Å². The van der Waals surface area contributed by atoms with Crippen molar-refractivity contribution in [2.75, 3.05) is 62.0 Å². The third-order valence-corrected chi connectivity index (χ3v) is 5.28. The van der Waals surface area contributed by atoms with Gasteiger partial charge in [-0.25, -0.2) is 14.4 Å². The van der Waals surface area contributed by atoms with Crippen LogP contribution in [0.15, 0.2) is 24.5 Å². The summed E-state index contributed by atoms with van der Waals surface area (Å²) in [7, 11) is 1.86. The molecule has 156 valence electrons. The minimum absolute atomic E-state index is 0.576. The van der Waals surface area contributed by atoms with Crippen molar-refractivity contribution < 1.29 is 4.74 Å². The van der Waals surface area contributed by atoms with Crippen molar-refractivity contribution in [1.29, 1.82) is 0 Å². The van der Waals surface area contributed by atoms with Crippen LogP contribution in [0.4, 0.5) is 23.3 Å². The van der Waals surface area contributed by atoms with Gasteiger partial charge in [0.1, 0.15) is 11.6 Å². The molecule has 0 atom stereocenters. The summed E-state index contributed by atoms with van der Waals surface area (Å²) in [5, 5.41) is 6.73. The first-order valence-corrected chi connectivity index (χ1v) is 10.6. The molecule has 29 heavy (non-hydrogen) atoms. The Balaban J connectivity index is 1.40. The smallest absolute Gasteiger partial charge is 0.229 e. The van der Waals surface area contributed by atoms with Gasteiger partial charge in [-0.05, 0) is 49.1 Å². The Hall–Kier alpha value is -2.16. The molecule has 1 saturated carbocycles. The fourth-order valence-electron chi connectivity index (χ4n) is 3.36. The van der Waals surface area contributed by atoms with Crippen LogP contribution in [0.3, 0.4) is 0 Å². The second-order valence-corrected chi connectivity index (χ2v) is 8.09. The molecular formula is C20H28ClN7O. The topological polar surface area (TPSA) is 78.4 Å². The van der Waals surface area contributed by atoms with Crippen molar-refractivity contribution in [3.8, 4) is 0 Å². The predicted octanol–water partition coefficient (Wildman–Crippen LogP) is 3.22. The second-order valence-electron chi connectivity index (χ2n) is 7.51. The van der Waals surface area contributed by atoms with Gasteiger partial charge in [0.15, 0.2) is 0 Å². The van der Waals surface area contributed by atoms with Gasteiger partial charge in [-0.2, -0.15) is 4.98 Å². The van der Waals surface area contributed by atoms with Gasteiger partial charge in [0.05, 0.1) is 25.1 Å². The summed E-state index contributed by atoms with van der Waals surface area (Å²) in [6.07, 6.45) is 7.14. The van der Waals surface area contributed by atoms with Crippen LogP contribution in [-0.2, 0) is 4.74 Å². The highest BCUT2D eigenvalue weighted by Crippen LogP contribution is 2.42. The number of morpholine rings is 1. The van der Waals surface area contributed by atoms with Gasteiger partial charge in [0, 0.05) is 45.0 Å². The zero-order chi connectivity index (χ0) is 20.1. The molecule has 0 aromatic carbocycles. The first kappa shape index (κ1) is 20.1. The fourth-order valence-corrected chi connectivity index (χ4v) is 3.48. The standard InChI is InChI=1S/C20H28ClN7O/c1-27(21)8-2-7-22-19-17(15-3-4-15)14-24-20(26-19)25-16-5-6-18(23-13-16)28-9-11-29-12-10-28/h5-6,13-15H,2-4,7-12H2,1H3,(H2,22,24,25,26). The number of halogens is 1. The second kappa shape index (κ2) is 9.56. The van der Waals surface area contributed by atoms with Crippen molar-refractivity contribution in [1.82, 2.24) is 19.4 Å². The normalized spacial score (nSPS) is 16.9. The van der Waals surface area contributed by atoms with Gasteiger partial charge in [-0.15, -0.1) is 0 Å². The number of ether oxygens (including phenoxy) is 1. The highest BCUT2D eigenvalue weighted by molar-refractivity contribution is 6.13. The number of nitrogens with zero attached hydrogens (tertiary/aromatic N) is 5. The van der Waals surface area contributed by atoms with Crippen LogP contribution in [0.5, 0.6) is 0 Å². The van der Waals surface area contributed by atoms with Crippen molar-refractivity contribution >= 4 is 35.0 Å². The molecule has 2 aromatic rings. The predicted molar refractivity (Wildman–Crippen MR) is 116 cm³/mol. The Labute approximate surface area is 176 Å². The molecule has 8 nitrogen and oxygen atoms in total. The van der Waals surface area contributed by atoms with E-state index < -0.39 is 0 Å².